The number of nitrogens with zero attached hydrogens (tertiary/aromatic N) is 3. The smallest absolute Gasteiger partial charge is 0.123 e. The minimum absolute atomic E-state index is 0.637. The largest absolute Gasteiger partial charge is 0.382 e. The lowest BCUT2D eigenvalue weighted by molar-refractivity contribution is 0.214. The zero-order valence-electron chi connectivity index (χ0n) is 10.7. The van der Waals surface area contributed by atoms with E-state index in [1.165, 1.54) is 11.3 Å². The second-order valence-electron chi connectivity index (χ2n) is 4.88. The molecule has 4 nitrogen and oxygen atoms in total. The number of fused-ring (bicyclic) bond motifs is 1. The molecule has 1 aromatic carbocycles. The van der Waals surface area contributed by atoms with Crippen molar-refractivity contribution in [3.05, 3.63) is 47.3 Å². The Hall–Kier alpha value is -1.81. The van der Waals surface area contributed by atoms with Crippen LogP contribution >= 0.6 is 0 Å². The first kappa shape index (κ1) is 11.3. The van der Waals surface area contributed by atoms with Gasteiger partial charge in [-0.15, -0.1) is 0 Å². The van der Waals surface area contributed by atoms with Crippen LogP contribution in [0.4, 0.5) is 5.69 Å². The minimum Gasteiger partial charge on any atom is -0.382 e. The van der Waals surface area contributed by atoms with Crippen molar-refractivity contribution in [1.29, 1.82) is 0 Å². The molecule has 0 saturated carbocycles. The van der Waals surface area contributed by atoms with E-state index in [0.29, 0.717) is 5.69 Å². The summed E-state index contributed by atoms with van der Waals surface area (Å²) >= 11 is 0. The third-order valence-corrected chi connectivity index (χ3v) is 3.56. The summed E-state index contributed by atoms with van der Waals surface area (Å²) in [6, 6.07) is 8.02. The van der Waals surface area contributed by atoms with Crippen LogP contribution in [0.1, 0.15) is 22.9 Å². The zero-order valence-corrected chi connectivity index (χ0v) is 10.7. The first-order chi connectivity index (χ1) is 8.65. The molecule has 0 spiro atoms. The van der Waals surface area contributed by atoms with Gasteiger partial charge in [0, 0.05) is 32.5 Å². The van der Waals surface area contributed by atoms with E-state index in [-0.39, 0.29) is 0 Å². The van der Waals surface area contributed by atoms with Crippen molar-refractivity contribution in [2.24, 2.45) is 7.05 Å². The van der Waals surface area contributed by atoms with Crippen LogP contribution in [-0.4, -0.2) is 28.5 Å². The molecule has 1 aliphatic heterocycles. The van der Waals surface area contributed by atoms with Gasteiger partial charge in [0.25, 0.3) is 0 Å². The normalized spacial score (nSPS) is 15.8. The first-order valence-corrected chi connectivity index (χ1v) is 6.17. The summed E-state index contributed by atoms with van der Waals surface area (Å²) in [6.45, 7) is 1.05. The fraction of sp³-hybridized carbons (Fsp3) is 0.357. The Morgan fingerprint density at radius 1 is 1.28 bits per heavy atom. The summed E-state index contributed by atoms with van der Waals surface area (Å²) in [4.78, 5) is 2.24. The second-order valence-corrected chi connectivity index (χ2v) is 4.88. The van der Waals surface area contributed by atoms with Gasteiger partial charge in [-0.25, -0.2) is 0 Å². The van der Waals surface area contributed by atoms with Gasteiger partial charge in [0.1, 0.15) is 6.10 Å². The highest BCUT2D eigenvalue weighted by Gasteiger charge is 2.19. The van der Waals surface area contributed by atoms with Crippen LogP contribution in [-0.2, 0) is 13.5 Å². The molecule has 2 aromatic rings. The van der Waals surface area contributed by atoms with Crippen LogP contribution in [0.2, 0.25) is 0 Å². The molecule has 0 bridgehead atoms. The van der Waals surface area contributed by atoms with E-state index in [1.807, 2.05) is 25.4 Å². The molecule has 1 aromatic heterocycles. The van der Waals surface area contributed by atoms with Crippen LogP contribution in [0.3, 0.4) is 0 Å². The van der Waals surface area contributed by atoms with Crippen molar-refractivity contribution in [2.75, 3.05) is 18.5 Å². The number of aliphatic hydroxyl groups is 1. The van der Waals surface area contributed by atoms with Crippen molar-refractivity contribution in [1.82, 2.24) is 9.78 Å². The molecule has 1 unspecified atom stereocenters. The highest BCUT2D eigenvalue weighted by atomic mass is 16.3. The summed E-state index contributed by atoms with van der Waals surface area (Å²) in [6.07, 6.45) is 2.26. The number of rotatable bonds is 2. The Morgan fingerprint density at radius 3 is 2.83 bits per heavy atom. The molecule has 1 atom stereocenters. The van der Waals surface area contributed by atoms with E-state index in [0.717, 1.165) is 18.5 Å². The lowest BCUT2D eigenvalue weighted by Gasteiger charge is -2.14. The lowest BCUT2D eigenvalue weighted by Crippen LogP contribution is -2.12. The third-order valence-electron chi connectivity index (χ3n) is 3.56. The van der Waals surface area contributed by atoms with Gasteiger partial charge < -0.3 is 10.0 Å². The fourth-order valence-corrected chi connectivity index (χ4v) is 2.51. The number of hydrogen-bond donors (Lipinski definition) is 1. The summed E-state index contributed by atoms with van der Waals surface area (Å²) < 4.78 is 1.71. The van der Waals surface area contributed by atoms with E-state index < -0.39 is 6.10 Å². The van der Waals surface area contributed by atoms with Gasteiger partial charge in [-0.1, -0.05) is 12.1 Å². The van der Waals surface area contributed by atoms with Gasteiger partial charge in [0.2, 0.25) is 0 Å². The first-order valence-electron chi connectivity index (χ1n) is 6.17. The van der Waals surface area contributed by atoms with Crippen molar-refractivity contribution >= 4 is 5.69 Å². The minimum atomic E-state index is -0.637. The topological polar surface area (TPSA) is 41.3 Å². The molecular weight excluding hydrogens is 226 g/mol. The number of aliphatic hydroxyl groups excluding tert-OH is 1. The van der Waals surface area contributed by atoms with E-state index >= 15 is 0 Å². The quantitative estimate of drug-likeness (QED) is 0.869. The molecule has 18 heavy (non-hydrogen) atoms. The number of likely N-dealkylation sites (N-methyl/N-ethyl adjacent to an activating group) is 1. The summed E-state index contributed by atoms with van der Waals surface area (Å²) in [5.41, 5.74) is 4.20. The molecule has 2 heterocycles. The molecule has 3 rings (SSSR count). The predicted molar refractivity (Wildman–Crippen MR) is 70.7 cm³/mol. The number of aromatic nitrogens is 2. The maximum Gasteiger partial charge on any atom is 0.123 e. The standard InChI is InChI=1S/C14H17N3O/c1-16-7-5-10-9-11(3-4-13(10)16)14(18)12-6-8-17(2)15-12/h3-4,6,8-9,14,18H,5,7H2,1-2H3. The monoisotopic (exact) mass is 243 g/mol. The highest BCUT2D eigenvalue weighted by molar-refractivity contribution is 5.58. The third kappa shape index (κ3) is 1.78. The molecule has 4 heteroatoms. The SMILES string of the molecule is CN1CCc2cc(C(O)c3ccn(C)n3)ccc21. The average Bonchev–Trinajstić information content (AvgIpc) is 2.95. The number of hydrogen-bond acceptors (Lipinski definition) is 3. The number of anilines is 1. The van der Waals surface area contributed by atoms with Gasteiger partial charge in [-0.3, -0.25) is 4.68 Å². The van der Waals surface area contributed by atoms with Crippen molar-refractivity contribution in [2.45, 2.75) is 12.5 Å². The fourth-order valence-electron chi connectivity index (χ4n) is 2.51. The van der Waals surface area contributed by atoms with Crippen molar-refractivity contribution in [3.8, 4) is 0 Å². The predicted octanol–water partition coefficient (Wildman–Crippen LogP) is 1.49. The van der Waals surface area contributed by atoms with Crippen LogP contribution in [0.25, 0.3) is 0 Å². The molecule has 0 aliphatic carbocycles. The molecule has 1 N–H and O–H groups in total. The molecule has 0 radical (unpaired) electrons. The van der Waals surface area contributed by atoms with Gasteiger partial charge >= 0.3 is 0 Å². The van der Waals surface area contributed by atoms with Gasteiger partial charge in [0.15, 0.2) is 0 Å². The van der Waals surface area contributed by atoms with Crippen LogP contribution in [0.15, 0.2) is 30.5 Å². The van der Waals surface area contributed by atoms with Crippen molar-refractivity contribution < 1.29 is 5.11 Å². The van der Waals surface area contributed by atoms with Gasteiger partial charge in [0.05, 0.1) is 5.69 Å². The Bertz CT molecular complexity index is 576. The molecular formula is C14H17N3O. The number of benzene rings is 1. The van der Waals surface area contributed by atoms with Crippen LogP contribution < -0.4 is 4.90 Å². The molecule has 0 amide bonds. The van der Waals surface area contributed by atoms with Crippen molar-refractivity contribution in [3.63, 3.8) is 0 Å². The maximum absolute atomic E-state index is 10.3. The maximum atomic E-state index is 10.3. The summed E-state index contributed by atoms with van der Waals surface area (Å²) in [5, 5.41) is 14.6. The Balaban J connectivity index is 1.93. The van der Waals surface area contributed by atoms with E-state index in [2.05, 4.69) is 29.2 Å². The zero-order chi connectivity index (χ0) is 12.7. The Morgan fingerprint density at radius 2 is 2.11 bits per heavy atom. The lowest BCUT2D eigenvalue weighted by atomic mass is 10.0. The van der Waals surface area contributed by atoms with Gasteiger partial charge in [-0.05, 0) is 29.7 Å². The molecule has 0 fully saturated rings. The second kappa shape index (κ2) is 4.14. The average molecular weight is 243 g/mol. The molecule has 0 saturated heterocycles. The number of aryl methyl sites for hydroxylation is 1. The van der Waals surface area contributed by atoms with Gasteiger partial charge in [-0.2, -0.15) is 5.10 Å². The van der Waals surface area contributed by atoms with E-state index in [9.17, 15) is 5.11 Å². The highest BCUT2D eigenvalue weighted by Crippen LogP contribution is 2.30. The van der Waals surface area contributed by atoms with E-state index in [4.69, 9.17) is 0 Å². The Labute approximate surface area is 106 Å². The van der Waals surface area contributed by atoms with Crippen LogP contribution in [0.5, 0.6) is 0 Å². The van der Waals surface area contributed by atoms with Crippen LogP contribution in [0, 0.1) is 0 Å². The molecule has 1 aliphatic rings. The summed E-state index contributed by atoms with van der Waals surface area (Å²) in [7, 11) is 3.95. The van der Waals surface area contributed by atoms with E-state index in [1.54, 1.807) is 4.68 Å². The molecule has 94 valence electrons. The Kier molecular flexibility index (Phi) is 2.59. The summed E-state index contributed by atoms with van der Waals surface area (Å²) in [5.74, 6) is 0.